The fourth-order valence-electron chi connectivity index (χ4n) is 4.32. The maximum absolute atomic E-state index is 12.8. The van der Waals surface area contributed by atoms with Gasteiger partial charge in [0.1, 0.15) is 0 Å². The Kier molecular flexibility index (Phi) is 5.02. The first-order valence-corrected chi connectivity index (χ1v) is 9.72. The molecule has 1 amide bonds. The highest BCUT2D eigenvalue weighted by Crippen LogP contribution is 2.33. The molecule has 2 aromatic heterocycles. The van der Waals surface area contributed by atoms with Crippen molar-refractivity contribution in [3.05, 3.63) is 46.0 Å². The van der Waals surface area contributed by atoms with Crippen molar-refractivity contribution in [2.45, 2.75) is 64.5 Å². The van der Waals surface area contributed by atoms with E-state index in [-0.39, 0.29) is 5.91 Å². The molecule has 0 bridgehead atoms. The van der Waals surface area contributed by atoms with E-state index in [1.807, 2.05) is 13.1 Å². The minimum Gasteiger partial charge on any atom is -0.348 e. The summed E-state index contributed by atoms with van der Waals surface area (Å²) in [7, 11) is 0. The van der Waals surface area contributed by atoms with Crippen molar-refractivity contribution in [3.63, 3.8) is 0 Å². The summed E-state index contributed by atoms with van der Waals surface area (Å²) in [4.78, 5) is 17.3. The first kappa shape index (κ1) is 17.2. The number of aryl methyl sites for hydroxylation is 1. The van der Waals surface area contributed by atoms with E-state index < -0.39 is 0 Å². The number of nitrogens with zero attached hydrogens (tertiary/aromatic N) is 2. The largest absolute Gasteiger partial charge is 0.348 e. The molecule has 0 aromatic carbocycles. The molecule has 6 nitrogen and oxygen atoms in total. The van der Waals surface area contributed by atoms with Gasteiger partial charge in [0, 0.05) is 30.9 Å². The monoisotopic (exact) mass is 353 g/mol. The molecule has 6 heteroatoms. The number of hydrogen-bond donors (Lipinski definition) is 3. The number of fused-ring (bicyclic) bond motifs is 1. The number of pyridine rings is 1. The van der Waals surface area contributed by atoms with Crippen molar-refractivity contribution >= 4 is 5.91 Å². The van der Waals surface area contributed by atoms with Crippen molar-refractivity contribution in [1.29, 1.82) is 0 Å². The number of carbonyl (C=O) groups excluding carboxylic acids is 1. The van der Waals surface area contributed by atoms with E-state index in [1.54, 1.807) is 6.20 Å². The Balaban J connectivity index is 1.49. The molecule has 0 radical (unpaired) electrons. The number of carbonyl (C=O) groups is 1. The van der Waals surface area contributed by atoms with Crippen LogP contribution < -0.4 is 10.6 Å². The third kappa shape index (κ3) is 3.38. The van der Waals surface area contributed by atoms with Crippen LogP contribution >= 0.6 is 0 Å². The van der Waals surface area contributed by atoms with Gasteiger partial charge in [0.25, 0.3) is 5.91 Å². The zero-order valence-corrected chi connectivity index (χ0v) is 15.4. The van der Waals surface area contributed by atoms with E-state index in [9.17, 15) is 4.79 Å². The van der Waals surface area contributed by atoms with Crippen LogP contribution in [-0.2, 0) is 19.5 Å². The van der Waals surface area contributed by atoms with Gasteiger partial charge in [-0.25, -0.2) is 0 Å². The van der Waals surface area contributed by atoms with E-state index in [1.165, 1.54) is 36.0 Å². The highest BCUT2D eigenvalue weighted by Gasteiger charge is 2.24. The van der Waals surface area contributed by atoms with E-state index >= 15 is 0 Å². The number of aromatic nitrogens is 3. The second-order valence-corrected chi connectivity index (χ2v) is 7.47. The van der Waals surface area contributed by atoms with Crippen molar-refractivity contribution in [1.82, 2.24) is 25.8 Å². The molecule has 1 aliphatic heterocycles. The zero-order valence-electron chi connectivity index (χ0n) is 15.4. The number of rotatable bonds is 4. The SMILES string of the molecule is Cc1ncc2c(c1CNC(=O)c1cn[nH]c1C1CCCCC1)CCNC2. The maximum Gasteiger partial charge on any atom is 0.255 e. The van der Waals surface area contributed by atoms with Crippen LogP contribution in [0, 0.1) is 6.92 Å². The number of aromatic amines is 1. The van der Waals surface area contributed by atoms with E-state index in [4.69, 9.17) is 0 Å². The first-order chi connectivity index (χ1) is 12.7. The van der Waals surface area contributed by atoms with Gasteiger partial charge >= 0.3 is 0 Å². The average molecular weight is 353 g/mol. The molecule has 2 aromatic rings. The van der Waals surface area contributed by atoms with Crippen molar-refractivity contribution in [3.8, 4) is 0 Å². The summed E-state index contributed by atoms with van der Waals surface area (Å²) in [6.07, 6.45) is 10.7. The Morgan fingerprint density at radius 1 is 1.27 bits per heavy atom. The minimum absolute atomic E-state index is 0.0368. The molecular formula is C20H27N5O. The van der Waals surface area contributed by atoms with Crippen LogP contribution in [-0.4, -0.2) is 27.6 Å². The summed E-state index contributed by atoms with van der Waals surface area (Å²) in [5.74, 6) is 0.399. The lowest BCUT2D eigenvalue weighted by atomic mass is 9.85. The molecular weight excluding hydrogens is 326 g/mol. The number of amides is 1. The predicted molar refractivity (Wildman–Crippen MR) is 100.0 cm³/mol. The number of hydrogen-bond acceptors (Lipinski definition) is 4. The second-order valence-electron chi connectivity index (χ2n) is 7.47. The highest BCUT2D eigenvalue weighted by molar-refractivity contribution is 5.95. The molecule has 3 N–H and O–H groups in total. The summed E-state index contributed by atoms with van der Waals surface area (Å²) < 4.78 is 0. The van der Waals surface area contributed by atoms with Gasteiger partial charge in [-0.3, -0.25) is 14.9 Å². The van der Waals surface area contributed by atoms with E-state index in [0.29, 0.717) is 18.0 Å². The van der Waals surface area contributed by atoms with Gasteiger partial charge in [0.15, 0.2) is 0 Å². The van der Waals surface area contributed by atoms with Gasteiger partial charge in [0.05, 0.1) is 17.5 Å². The van der Waals surface area contributed by atoms with Crippen LogP contribution in [0.3, 0.4) is 0 Å². The summed E-state index contributed by atoms with van der Waals surface area (Å²) in [5.41, 5.74) is 6.48. The lowest BCUT2D eigenvalue weighted by Gasteiger charge is -2.22. The van der Waals surface area contributed by atoms with Crippen LogP contribution in [0.4, 0.5) is 0 Å². The molecule has 0 unspecified atom stereocenters. The maximum atomic E-state index is 12.8. The second kappa shape index (κ2) is 7.58. The number of nitrogens with one attached hydrogen (secondary N) is 3. The van der Waals surface area contributed by atoms with E-state index in [0.717, 1.165) is 43.7 Å². The summed E-state index contributed by atoms with van der Waals surface area (Å²) in [6, 6.07) is 0. The van der Waals surface area contributed by atoms with Gasteiger partial charge in [0.2, 0.25) is 0 Å². The fourth-order valence-corrected chi connectivity index (χ4v) is 4.32. The molecule has 0 saturated heterocycles. The van der Waals surface area contributed by atoms with Gasteiger partial charge in [-0.15, -0.1) is 0 Å². The van der Waals surface area contributed by atoms with Gasteiger partial charge in [-0.1, -0.05) is 19.3 Å². The van der Waals surface area contributed by atoms with Crippen LogP contribution in [0.25, 0.3) is 0 Å². The molecule has 0 spiro atoms. The summed E-state index contributed by atoms with van der Waals surface area (Å²) >= 11 is 0. The molecule has 26 heavy (non-hydrogen) atoms. The molecule has 1 fully saturated rings. The van der Waals surface area contributed by atoms with Crippen LogP contribution in [0.15, 0.2) is 12.4 Å². The van der Waals surface area contributed by atoms with Crippen molar-refractivity contribution in [2.24, 2.45) is 0 Å². The highest BCUT2D eigenvalue weighted by atomic mass is 16.1. The molecule has 2 aliphatic rings. The Labute approximate surface area is 154 Å². The molecule has 3 heterocycles. The lowest BCUT2D eigenvalue weighted by molar-refractivity contribution is 0.0949. The van der Waals surface area contributed by atoms with Crippen LogP contribution in [0.1, 0.15) is 76.5 Å². The molecule has 138 valence electrons. The molecule has 1 aliphatic carbocycles. The average Bonchev–Trinajstić information content (AvgIpc) is 3.18. The quantitative estimate of drug-likeness (QED) is 0.789. The van der Waals surface area contributed by atoms with Gasteiger partial charge < -0.3 is 10.6 Å². The third-order valence-electron chi connectivity index (χ3n) is 5.82. The van der Waals surface area contributed by atoms with Crippen molar-refractivity contribution < 1.29 is 4.79 Å². The normalized spacial score (nSPS) is 17.7. The Morgan fingerprint density at radius 3 is 2.96 bits per heavy atom. The molecule has 1 saturated carbocycles. The topological polar surface area (TPSA) is 82.7 Å². The summed E-state index contributed by atoms with van der Waals surface area (Å²) in [6.45, 7) is 4.38. The van der Waals surface area contributed by atoms with Gasteiger partial charge in [-0.2, -0.15) is 5.10 Å². The standard InChI is InChI=1S/C20H27N5O/c1-13-17(16-7-8-21-9-15(16)10-22-13)11-23-20(26)18-12-24-25-19(18)14-5-3-2-4-6-14/h10,12,14,21H,2-9,11H2,1H3,(H,23,26)(H,24,25). The van der Waals surface area contributed by atoms with Crippen molar-refractivity contribution in [2.75, 3.05) is 6.54 Å². The first-order valence-electron chi connectivity index (χ1n) is 9.72. The Bertz CT molecular complexity index is 791. The smallest absolute Gasteiger partial charge is 0.255 e. The molecule has 4 rings (SSSR count). The van der Waals surface area contributed by atoms with Crippen LogP contribution in [0.5, 0.6) is 0 Å². The predicted octanol–water partition coefficient (Wildman–Crippen LogP) is 2.74. The fraction of sp³-hybridized carbons (Fsp3) is 0.550. The Hall–Kier alpha value is -2.21. The van der Waals surface area contributed by atoms with Crippen LogP contribution in [0.2, 0.25) is 0 Å². The Morgan fingerprint density at radius 2 is 2.12 bits per heavy atom. The zero-order chi connectivity index (χ0) is 17.9. The summed E-state index contributed by atoms with van der Waals surface area (Å²) in [5, 5.41) is 13.7. The third-order valence-corrected chi connectivity index (χ3v) is 5.82. The van der Waals surface area contributed by atoms with Gasteiger partial charge in [-0.05, 0) is 49.4 Å². The minimum atomic E-state index is -0.0368. The number of H-pyrrole nitrogens is 1. The molecule has 0 atom stereocenters. The van der Waals surface area contributed by atoms with E-state index in [2.05, 4.69) is 25.8 Å². The lowest BCUT2D eigenvalue weighted by Crippen LogP contribution is -2.29.